The van der Waals surface area contributed by atoms with Gasteiger partial charge in [-0.2, -0.15) is 5.10 Å². The number of para-hydroxylation sites is 1. The Morgan fingerprint density at radius 2 is 2.03 bits per heavy atom. The lowest BCUT2D eigenvalue weighted by Gasteiger charge is -2.16. The van der Waals surface area contributed by atoms with E-state index in [4.69, 9.17) is 16.7 Å². The molecule has 0 spiro atoms. The fraction of sp³-hybridized carbons (Fsp3) is 0.409. The number of aryl methyl sites for hydroxylation is 2. The number of hydrogen-bond acceptors (Lipinski definition) is 6. The molecule has 1 unspecified atom stereocenters. The summed E-state index contributed by atoms with van der Waals surface area (Å²) >= 11 is 6.24. The van der Waals surface area contributed by atoms with Crippen molar-refractivity contribution in [2.45, 2.75) is 45.9 Å². The summed E-state index contributed by atoms with van der Waals surface area (Å²) in [6.07, 6.45) is 2.03. The Hall–Kier alpha value is -2.68. The maximum absolute atomic E-state index is 12.6. The highest BCUT2D eigenvalue weighted by Gasteiger charge is 2.31. The van der Waals surface area contributed by atoms with Gasteiger partial charge in [0.15, 0.2) is 5.65 Å². The second-order valence-corrected chi connectivity index (χ2v) is 8.31. The molecule has 0 radical (unpaired) electrons. The number of hydrogen-bond donors (Lipinski definition) is 3. The highest BCUT2D eigenvalue weighted by Crippen LogP contribution is 2.30. The number of aliphatic hydroxyl groups is 1. The van der Waals surface area contributed by atoms with Crippen LogP contribution in [0.4, 0.5) is 0 Å². The zero-order chi connectivity index (χ0) is 22.1. The molecule has 0 saturated carbocycles. The zero-order valence-electron chi connectivity index (χ0n) is 17.6. The fourth-order valence-electron chi connectivity index (χ4n) is 3.92. The van der Waals surface area contributed by atoms with Crippen LogP contribution in [0.5, 0.6) is 5.75 Å². The maximum Gasteiger partial charge on any atom is 0.258 e. The Bertz CT molecular complexity index is 1120. The molecule has 164 valence electrons. The van der Waals surface area contributed by atoms with Gasteiger partial charge in [0.1, 0.15) is 5.75 Å². The molecule has 2 aliphatic heterocycles. The summed E-state index contributed by atoms with van der Waals surface area (Å²) in [7, 11) is 0. The molecule has 2 aromatic heterocycles. The summed E-state index contributed by atoms with van der Waals surface area (Å²) in [5.41, 5.74) is 4.36. The first kappa shape index (κ1) is 21.5. The largest absolute Gasteiger partial charge is 0.507 e. The Morgan fingerprint density at radius 3 is 2.68 bits per heavy atom. The number of benzene rings is 1. The second-order valence-electron chi connectivity index (χ2n) is 7.94. The molecular formula is C22H26ClN5O3. The summed E-state index contributed by atoms with van der Waals surface area (Å²) < 4.78 is 1.74. The Morgan fingerprint density at radius 1 is 1.26 bits per heavy atom. The first-order valence-corrected chi connectivity index (χ1v) is 10.7. The molecule has 1 atom stereocenters. The lowest BCUT2D eigenvalue weighted by Crippen LogP contribution is -2.33. The van der Waals surface area contributed by atoms with Gasteiger partial charge in [0, 0.05) is 12.1 Å². The van der Waals surface area contributed by atoms with Gasteiger partial charge >= 0.3 is 0 Å². The average molecular weight is 444 g/mol. The van der Waals surface area contributed by atoms with E-state index in [1.165, 1.54) is 6.07 Å². The van der Waals surface area contributed by atoms with E-state index in [1.54, 1.807) is 27.6 Å². The van der Waals surface area contributed by atoms with Crippen LogP contribution in [-0.2, 0) is 13.1 Å². The molecule has 3 N–H and O–H groups in total. The number of phenols is 1. The zero-order valence-corrected chi connectivity index (χ0v) is 18.4. The third kappa shape index (κ3) is 4.23. The van der Waals surface area contributed by atoms with Crippen molar-refractivity contribution < 1.29 is 15.0 Å². The minimum absolute atomic E-state index is 0.0159. The number of phenolic OH excluding ortho intramolecular Hbond substituents is 1. The van der Waals surface area contributed by atoms with Gasteiger partial charge in [-0.25, -0.2) is 9.50 Å². The number of halogens is 1. The van der Waals surface area contributed by atoms with E-state index in [-0.39, 0.29) is 17.8 Å². The summed E-state index contributed by atoms with van der Waals surface area (Å²) in [5.74, 6) is -0.232. The van der Waals surface area contributed by atoms with E-state index in [1.807, 2.05) is 13.8 Å². The van der Waals surface area contributed by atoms with Crippen LogP contribution >= 0.6 is 11.6 Å². The Kier molecular flexibility index (Phi) is 6.13. The van der Waals surface area contributed by atoms with Crippen molar-refractivity contribution in [1.29, 1.82) is 0 Å². The third-order valence-electron chi connectivity index (χ3n) is 5.65. The molecule has 3 aromatic rings. The molecule has 1 aromatic carbocycles. The number of nitrogens with zero attached hydrogens (tertiary/aromatic N) is 4. The van der Waals surface area contributed by atoms with Gasteiger partial charge in [0.05, 0.1) is 46.9 Å². The summed E-state index contributed by atoms with van der Waals surface area (Å²) in [4.78, 5) is 18.8. The summed E-state index contributed by atoms with van der Waals surface area (Å²) in [6.45, 7) is 6.43. The molecule has 1 amide bonds. The van der Waals surface area contributed by atoms with Gasteiger partial charge in [-0.3, -0.25) is 4.79 Å². The number of carbonyl (C=O) groups is 1. The molecular weight excluding hydrogens is 418 g/mol. The monoisotopic (exact) mass is 443 g/mol. The normalized spacial score (nSPS) is 17.9. The van der Waals surface area contributed by atoms with Crippen molar-refractivity contribution in [3.63, 3.8) is 0 Å². The minimum Gasteiger partial charge on any atom is -0.507 e. The first-order valence-electron chi connectivity index (χ1n) is 10.4. The highest BCUT2D eigenvalue weighted by molar-refractivity contribution is 6.31. The molecule has 1 saturated heterocycles. The topological polar surface area (TPSA) is 103 Å². The van der Waals surface area contributed by atoms with E-state index >= 15 is 0 Å². The van der Waals surface area contributed by atoms with Gasteiger partial charge in [-0.05, 0) is 45.4 Å². The van der Waals surface area contributed by atoms with E-state index in [2.05, 4.69) is 15.4 Å². The van der Waals surface area contributed by atoms with E-state index in [9.17, 15) is 9.90 Å². The smallest absolute Gasteiger partial charge is 0.258 e. The predicted octanol–water partition coefficient (Wildman–Crippen LogP) is 2.59. The van der Waals surface area contributed by atoms with Crippen LogP contribution in [-0.4, -0.2) is 54.8 Å². The lowest BCUT2D eigenvalue weighted by molar-refractivity contribution is 0.0746. The van der Waals surface area contributed by atoms with Gasteiger partial charge in [-0.15, -0.1) is 0 Å². The number of fused-ring (bicyclic) bond motifs is 3. The number of piperidine rings is 1. The Labute approximate surface area is 185 Å². The molecule has 9 heteroatoms. The van der Waals surface area contributed by atoms with Crippen molar-refractivity contribution in [3.8, 4) is 5.75 Å². The number of aromatic nitrogens is 3. The van der Waals surface area contributed by atoms with Gasteiger partial charge in [0.25, 0.3) is 5.91 Å². The molecule has 1 fully saturated rings. The van der Waals surface area contributed by atoms with E-state index < -0.39 is 0 Å². The van der Waals surface area contributed by atoms with Crippen LogP contribution in [0.15, 0.2) is 24.3 Å². The predicted molar refractivity (Wildman–Crippen MR) is 117 cm³/mol. The molecule has 4 heterocycles. The van der Waals surface area contributed by atoms with Crippen LogP contribution < -0.4 is 5.32 Å². The van der Waals surface area contributed by atoms with Crippen molar-refractivity contribution in [1.82, 2.24) is 24.8 Å². The van der Waals surface area contributed by atoms with Crippen LogP contribution in [0.3, 0.4) is 0 Å². The highest BCUT2D eigenvalue weighted by atomic mass is 35.5. The number of rotatable bonds is 1. The van der Waals surface area contributed by atoms with Crippen molar-refractivity contribution >= 4 is 23.2 Å². The molecule has 0 aliphatic carbocycles. The van der Waals surface area contributed by atoms with Gasteiger partial charge in [0.2, 0.25) is 0 Å². The van der Waals surface area contributed by atoms with Crippen molar-refractivity contribution in [2.75, 3.05) is 13.1 Å². The summed E-state index contributed by atoms with van der Waals surface area (Å²) in [5, 5.41) is 27.0. The van der Waals surface area contributed by atoms with E-state index in [0.29, 0.717) is 23.7 Å². The van der Waals surface area contributed by atoms with Crippen molar-refractivity contribution in [2.24, 2.45) is 0 Å². The van der Waals surface area contributed by atoms with Crippen LogP contribution in [0.25, 0.3) is 5.65 Å². The number of amides is 1. The number of aromatic hydroxyl groups is 1. The minimum atomic E-state index is -0.216. The average Bonchev–Trinajstić information content (AvgIpc) is 3.32. The molecule has 8 nitrogen and oxygen atoms in total. The van der Waals surface area contributed by atoms with Crippen molar-refractivity contribution in [3.05, 3.63) is 57.5 Å². The fourth-order valence-corrected chi connectivity index (χ4v) is 4.04. The quantitative estimate of drug-likeness (QED) is 0.534. The maximum atomic E-state index is 12.6. The van der Waals surface area contributed by atoms with Gasteiger partial charge in [-0.1, -0.05) is 23.7 Å². The first-order chi connectivity index (χ1) is 14.9. The molecule has 31 heavy (non-hydrogen) atoms. The number of carbonyl (C=O) groups excluding carboxylic acids is 1. The van der Waals surface area contributed by atoms with Crippen LogP contribution in [0.1, 0.15) is 45.8 Å². The van der Waals surface area contributed by atoms with Crippen LogP contribution in [0.2, 0.25) is 5.02 Å². The summed E-state index contributed by atoms with van der Waals surface area (Å²) in [6, 6.07) is 6.55. The SMILES string of the molecule is Cc1nc2c3c(nn2c(C)c1Cl)CN(C(=O)c1ccccc1O)C3.OC1CCCNC1. The van der Waals surface area contributed by atoms with E-state index in [0.717, 1.165) is 54.2 Å². The molecule has 5 rings (SSSR count). The lowest BCUT2D eigenvalue weighted by atomic mass is 10.1. The second kappa shape index (κ2) is 8.82. The standard InChI is InChI=1S/C17H15ClN4O2.C5H11NO/c1-9-15(18)10(2)22-16(19-9)12-7-21(8-13(12)20-22)17(24)11-5-3-4-6-14(11)23;7-5-2-1-3-6-4-5/h3-6,23H,7-8H2,1-2H3;5-7H,1-4H2. The number of aliphatic hydroxyl groups excluding tert-OH is 1. The van der Waals surface area contributed by atoms with Gasteiger partial charge < -0.3 is 20.4 Å². The van der Waals surface area contributed by atoms with Crippen LogP contribution in [0, 0.1) is 13.8 Å². The molecule has 0 bridgehead atoms. The molecule has 2 aliphatic rings. The third-order valence-corrected chi connectivity index (χ3v) is 6.20. The number of β-amino-alcohol motifs (C(OH)–C–C–N with tert-alkyl or cyclic N) is 1. The number of nitrogens with one attached hydrogen (secondary N) is 1. The Balaban J connectivity index is 0.000000282.